The molecule has 9 heavy (non-hydrogen) atoms. The quantitative estimate of drug-likeness (QED) is 0.473. The number of hydrogen-bond donors (Lipinski definition) is 1. The standard InChI is InChI=1S/C7H16OSi/c1-9(2,3)7-5-4-6-8/h4-5,8H,6-7H2,1-3H3. The Morgan fingerprint density at radius 2 is 1.78 bits per heavy atom. The summed E-state index contributed by atoms with van der Waals surface area (Å²) in [7, 11) is -0.892. The summed E-state index contributed by atoms with van der Waals surface area (Å²) in [5.74, 6) is 0. The monoisotopic (exact) mass is 144 g/mol. The lowest BCUT2D eigenvalue weighted by molar-refractivity contribution is 0.342. The molecule has 0 radical (unpaired) electrons. The maximum absolute atomic E-state index is 8.39. The van der Waals surface area contributed by atoms with Crippen molar-refractivity contribution in [1.82, 2.24) is 0 Å². The minimum absolute atomic E-state index is 0.185. The third-order valence-electron chi connectivity index (χ3n) is 1.00. The van der Waals surface area contributed by atoms with Crippen LogP contribution < -0.4 is 0 Å². The van der Waals surface area contributed by atoms with E-state index in [1.165, 1.54) is 6.04 Å². The van der Waals surface area contributed by atoms with E-state index < -0.39 is 8.07 Å². The number of aliphatic hydroxyl groups is 1. The van der Waals surface area contributed by atoms with E-state index in [9.17, 15) is 0 Å². The van der Waals surface area contributed by atoms with Crippen molar-refractivity contribution in [1.29, 1.82) is 0 Å². The van der Waals surface area contributed by atoms with Crippen molar-refractivity contribution in [2.45, 2.75) is 25.7 Å². The van der Waals surface area contributed by atoms with Crippen molar-refractivity contribution in [3.05, 3.63) is 12.2 Å². The molecule has 0 rings (SSSR count). The average molecular weight is 144 g/mol. The smallest absolute Gasteiger partial charge is 0.0612 e. The maximum Gasteiger partial charge on any atom is 0.0612 e. The minimum Gasteiger partial charge on any atom is -0.392 e. The fraction of sp³-hybridized carbons (Fsp3) is 0.714. The second kappa shape index (κ2) is 3.85. The van der Waals surface area contributed by atoms with Gasteiger partial charge in [-0.2, -0.15) is 0 Å². The molecule has 54 valence electrons. The topological polar surface area (TPSA) is 20.2 Å². The van der Waals surface area contributed by atoms with Crippen molar-refractivity contribution in [3.8, 4) is 0 Å². The normalized spacial score (nSPS) is 12.9. The average Bonchev–Trinajstić information content (AvgIpc) is 1.63. The molecular weight excluding hydrogens is 128 g/mol. The maximum atomic E-state index is 8.39. The van der Waals surface area contributed by atoms with E-state index in [4.69, 9.17) is 5.11 Å². The molecule has 0 spiro atoms. The first-order valence-corrected chi connectivity index (χ1v) is 7.03. The molecule has 0 fully saturated rings. The van der Waals surface area contributed by atoms with Gasteiger partial charge in [-0.1, -0.05) is 31.8 Å². The Kier molecular flexibility index (Phi) is 3.82. The molecule has 0 saturated carbocycles. The highest BCUT2D eigenvalue weighted by Gasteiger charge is 2.08. The molecule has 0 saturated heterocycles. The molecule has 2 heteroatoms. The van der Waals surface area contributed by atoms with Crippen LogP contribution >= 0.6 is 0 Å². The van der Waals surface area contributed by atoms with Gasteiger partial charge in [-0.15, -0.1) is 0 Å². The third kappa shape index (κ3) is 7.92. The fourth-order valence-electron chi connectivity index (χ4n) is 0.511. The summed E-state index contributed by atoms with van der Waals surface area (Å²) < 4.78 is 0. The van der Waals surface area contributed by atoms with Crippen LogP contribution in [0, 0.1) is 0 Å². The Morgan fingerprint density at radius 1 is 1.22 bits per heavy atom. The molecule has 0 aliphatic heterocycles. The first-order valence-electron chi connectivity index (χ1n) is 3.32. The molecule has 0 aromatic rings. The first kappa shape index (κ1) is 8.92. The van der Waals surface area contributed by atoms with E-state index in [1.54, 1.807) is 0 Å². The highest BCUT2D eigenvalue weighted by molar-refractivity contribution is 6.76. The van der Waals surface area contributed by atoms with E-state index in [0.717, 1.165) is 0 Å². The van der Waals surface area contributed by atoms with Crippen LogP contribution in [0.4, 0.5) is 0 Å². The summed E-state index contributed by atoms with van der Waals surface area (Å²) in [5, 5.41) is 8.39. The zero-order chi connectivity index (χ0) is 7.33. The van der Waals surface area contributed by atoms with Crippen molar-refractivity contribution < 1.29 is 5.11 Å². The van der Waals surface area contributed by atoms with Gasteiger partial charge in [0.1, 0.15) is 0 Å². The lowest BCUT2D eigenvalue weighted by atomic mass is 10.6. The van der Waals surface area contributed by atoms with E-state index in [-0.39, 0.29) is 6.61 Å². The number of allylic oxidation sites excluding steroid dienone is 1. The van der Waals surface area contributed by atoms with Gasteiger partial charge in [0, 0.05) is 8.07 Å². The fourth-order valence-corrected chi connectivity index (χ4v) is 1.39. The molecule has 0 heterocycles. The molecule has 0 aliphatic carbocycles. The number of hydrogen-bond acceptors (Lipinski definition) is 1. The summed E-state index contributed by atoms with van der Waals surface area (Å²) in [6.07, 6.45) is 3.89. The largest absolute Gasteiger partial charge is 0.392 e. The van der Waals surface area contributed by atoms with Gasteiger partial charge in [0.15, 0.2) is 0 Å². The lowest BCUT2D eigenvalue weighted by Crippen LogP contribution is -2.17. The summed E-state index contributed by atoms with van der Waals surface area (Å²) in [4.78, 5) is 0. The van der Waals surface area contributed by atoms with Crippen molar-refractivity contribution >= 4 is 8.07 Å². The van der Waals surface area contributed by atoms with Crippen LogP contribution in [0.15, 0.2) is 12.2 Å². The molecule has 0 atom stereocenters. The van der Waals surface area contributed by atoms with Crippen LogP contribution in [0.1, 0.15) is 0 Å². The summed E-state index contributed by atoms with van der Waals surface area (Å²) >= 11 is 0. The molecular formula is C7H16OSi. The molecule has 0 aromatic carbocycles. The van der Waals surface area contributed by atoms with E-state index in [0.29, 0.717) is 0 Å². The molecule has 0 unspecified atom stereocenters. The van der Waals surface area contributed by atoms with Crippen LogP contribution in [-0.2, 0) is 0 Å². The summed E-state index contributed by atoms with van der Waals surface area (Å²) in [6, 6.07) is 1.17. The SMILES string of the molecule is C[Si](C)(C)CC=CCO. The second-order valence-electron chi connectivity index (χ2n) is 3.42. The van der Waals surface area contributed by atoms with Crippen LogP contribution in [0.3, 0.4) is 0 Å². The Morgan fingerprint density at radius 3 is 2.11 bits per heavy atom. The predicted molar refractivity (Wildman–Crippen MR) is 44.4 cm³/mol. The van der Waals surface area contributed by atoms with Crippen molar-refractivity contribution in [3.63, 3.8) is 0 Å². The van der Waals surface area contributed by atoms with Crippen molar-refractivity contribution in [2.75, 3.05) is 6.61 Å². The second-order valence-corrected chi connectivity index (χ2v) is 8.95. The molecule has 0 aromatic heterocycles. The van der Waals surface area contributed by atoms with Gasteiger partial charge in [0.25, 0.3) is 0 Å². The minimum atomic E-state index is -0.892. The number of rotatable bonds is 3. The zero-order valence-corrected chi connectivity index (χ0v) is 7.52. The zero-order valence-electron chi connectivity index (χ0n) is 6.52. The van der Waals surface area contributed by atoms with Crippen LogP contribution in [-0.4, -0.2) is 19.8 Å². The Balaban J connectivity index is 3.38. The van der Waals surface area contributed by atoms with Crippen LogP contribution in [0.25, 0.3) is 0 Å². The highest BCUT2D eigenvalue weighted by Crippen LogP contribution is 2.07. The molecule has 1 N–H and O–H groups in total. The van der Waals surface area contributed by atoms with Gasteiger partial charge in [-0.05, 0) is 6.04 Å². The lowest BCUT2D eigenvalue weighted by Gasteiger charge is -2.11. The first-order chi connectivity index (χ1) is 4.06. The van der Waals surface area contributed by atoms with Gasteiger partial charge >= 0.3 is 0 Å². The van der Waals surface area contributed by atoms with Gasteiger partial charge in [-0.3, -0.25) is 0 Å². The Hall–Kier alpha value is -0.0831. The predicted octanol–water partition coefficient (Wildman–Crippen LogP) is 1.87. The molecule has 1 nitrogen and oxygen atoms in total. The Bertz CT molecular complexity index is 91.6. The summed E-state index contributed by atoms with van der Waals surface area (Å²) in [5.41, 5.74) is 0. The molecule has 0 aliphatic rings. The number of aliphatic hydroxyl groups excluding tert-OH is 1. The van der Waals surface area contributed by atoms with Crippen LogP contribution in [0.2, 0.25) is 25.7 Å². The third-order valence-corrected chi connectivity index (χ3v) is 2.46. The van der Waals surface area contributed by atoms with Gasteiger partial charge in [-0.25, -0.2) is 0 Å². The van der Waals surface area contributed by atoms with Gasteiger partial charge in [0.2, 0.25) is 0 Å². The van der Waals surface area contributed by atoms with E-state index >= 15 is 0 Å². The van der Waals surface area contributed by atoms with E-state index in [1.807, 2.05) is 6.08 Å². The van der Waals surface area contributed by atoms with Crippen molar-refractivity contribution in [2.24, 2.45) is 0 Å². The van der Waals surface area contributed by atoms with E-state index in [2.05, 4.69) is 25.7 Å². The Labute approximate surface area is 58.4 Å². The van der Waals surface area contributed by atoms with Crippen LogP contribution in [0.5, 0.6) is 0 Å². The highest BCUT2D eigenvalue weighted by atomic mass is 28.3. The summed E-state index contributed by atoms with van der Waals surface area (Å²) in [6.45, 7) is 7.13. The molecule has 0 amide bonds. The molecule has 0 bridgehead atoms. The van der Waals surface area contributed by atoms with Gasteiger partial charge in [0.05, 0.1) is 6.61 Å². The van der Waals surface area contributed by atoms with Gasteiger partial charge < -0.3 is 5.11 Å².